The summed E-state index contributed by atoms with van der Waals surface area (Å²) in [7, 11) is 0. The molecule has 1 aliphatic rings. The first kappa shape index (κ1) is 18.5. The third-order valence-electron chi connectivity index (χ3n) is 4.09. The van der Waals surface area contributed by atoms with Gasteiger partial charge in [-0.2, -0.15) is 20.5 Å². The number of rotatable bonds is 6. The van der Waals surface area contributed by atoms with Crippen molar-refractivity contribution in [2.75, 3.05) is 29.5 Å². The molecule has 0 radical (unpaired) electrons. The van der Waals surface area contributed by atoms with E-state index in [2.05, 4.69) is 27.1 Å². The van der Waals surface area contributed by atoms with Gasteiger partial charge in [0, 0.05) is 42.4 Å². The predicted molar refractivity (Wildman–Crippen MR) is 100 cm³/mol. The number of ether oxygens (including phenoxy) is 1. The second kappa shape index (κ2) is 8.89. The van der Waals surface area contributed by atoms with Crippen LogP contribution in [0.5, 0.6) is 5.75 Å². The molecule has 4 nitrogen and oxygen atoms in total. The van der Waals surface area contributed by atoms with Crippen LogP contribution >= 0.6 is 11.8 Å². The monoisotopic (exact) mass is 378 g/mol. The Morgan fingerprint density at radius 2 is 1.88 bits per heavy atom. The van der Waals surface area contributed by atoms with E-state index in [1.807, 2.05) is 23.9 Å². The molecule has 26 heavy (non-hydrogen) atoms. The standard InChI is InChI=1S/C19H20F2N2O2S/c20-19(21)25-17-3-1-2-15(12-17)18(24)22-13-14-4-6-16(7-5-14)23-8-10-26-11-9-23/h1-7,12,19H,8-11,13H2,(H,22,24). The van der Waals surface area contributed by atoms with E-state index in [4.69, 9.17) is 0 Å². The minimum absolute atomic E-state index is 0.0308. The number of alkyl halides is 2. The first-order valence-corrected chi connectivity index (χ1v) is 9.52. The zero-order valence-corrected chi connectivity index (χ0v) is 15.0. The lowest BCUT2D eigenvalue weighted by atomic mass is 10.1. The molecule has 1 heterocycles. The Bertz CT molecular complexity index is 735. The predicted octanol–water partition coefficient (Wildman–Crippen LogP) is 3.77. The van der Waals surface area contributed by atoms with Gasteiger partial charge in [-0.1, -0.05) is 18.2 Å². The number of halogens is 2. The molecule has 1 aliphatic heterocycles. The molecular formula is C19H20F2N2O2S. The lowest BCUT2D eigenvalue weighted by Crippen LogP contribution is -2.32. The van der Waals surface area contributed by atoms with E-state index >= 15 is 0 Å². The maximum absolute atomic E-state index is 12.3. The number of nitrogens with zero attached hydrogens (tertiary/aromatic N) is 1. The van der Waals surface area contributed by atoms with Gasteiger partial charge in [0.1, 0.15) is 5.75 Å². The highest BCUT2D eigenvalue weighted by molar-refractivity contribution is 7.99. The molecule has 0 saturated carbocycles. The quantitative estimate of drug-likeness (QED) is 0.831. The number of thioether (sulfide) groups is 1. The third kappa shape index (κ3) is 5.11. The van der Waals surface area contributed by atoms with Gasteiger partial charge in [-0.25, -0.2) is 0 Å². The molecule has 0 bridgehead atoms. The van der Waals surface area contributed by atoms with Crippen molar-refractivity contribution in [3.63, 3.8) is 0 Å². The first-order chi connectivity index (χ1) is 12.6. The van der Waals surface area contributed by atoms with Crippen molar-refractivity contribution in [2.24, 2.45) is 0 Å². The van der Waals surface area contributed by atoms with E-state index < -0.39 is 6.61 Å². The summed E-state index contributed by atoms with van der Waals surface area (Å²) in [5, 5.41) is 2.80. The number of carbonyl (C=O) groups excluding carboxylic acids is 1. The lowest BCUT2D eigenvalue weighted by Gasteiger charge is -2.28. The Balaban J connectivity index is 1.55. The van der Waals surface area contributed by atoms with Crippen LogP contribution < -0.4 is 15.0 Å². The zero-order valence-electron chi connectivity index (χ0n) is 14.2. The Kier molecular flexibility index (Phi) is 6.33. The van der Waals surface area contributed by atoms with Crippen LogP contribution in [0.2, 0.25) is 0 Å². The molecule has 0 aliphatic carbocycles. The molecule has 0 aromatic heterocycles. The number of hydrogen-bond acceptors (Lipinski definition) is 4. The van der Waals surface area contributed by atoms with Gasteiger partial charge in [-0.05, 0) is 35.9 Å². The van der Waals surface area contributed by atoms with E-state index in [9.17, 15) is 13.6 Å². The van der Waals surface area contributed by atoms with Crippen molar-refractivity contribution in [3.05, 3.63) is 59.7 Å². The normalized spacial score (nSPS) is 14.3. The molecule has 0 atom stereocenters. The molecule has 0 spiro atoms. The highest BCUT2D eigenvalue weighted by Gasteiger charge is 2.12. The van der Waals surface area contributed by atoms with E-state index in [1.165, 1.54) is 23.9 Å². The second-order valence-corrected chi connectivity index (χ2v) is 7.08. The van der Waals surface area contributed by atoms with Crippen LogP contribution in [-0.4, -0.2) is 37.1 Å². The number of carbonyl (C=O) groups is 1. The summed E-state index contributed by atoms with van der Waals surface area (Å²) in [4.78, 5) is 14.6. The van der Waals surface area contributed by atoms with Gasteiger partial charge in [0.25, 0.3) is 5.91 Å². The van der Waals surface area contributed by atoms with Crippen molar-refractivity contribution in [1.29, 1.82) is 0 Å². The van der Waals surface area contributed by atoms with Crippen LogP contribution in [0.1, 0.15) is 15.9 Å². The number of amides is 1. The highest BCUT2D eigenvalue weighted by atomic mass is 32.2. The average molecular weight is 378 g/mol. The van der Waals surface area contributed by atoms with Gasteiger partial charge >= 0.3 is 6.61 Å². The number of nitrogens with one attached hydrogen (secondary N) is 1. The van der Waals surface area contributed by atoms with Gasteiger partial charge in [0.05, 0.1) is 0 Å². The van der Waals surface area contributed by atoms with Gasteiger partial charge in [0.15, 0.2) is 0 Å². The molecule has 1 N–H and O–H groups in total. The smallest absolute Gasteiger partial charge is 0.387 e. The maximum Gasteiger partial charge on any atom is 0.387 e. The summed E-state index contributed by atoms with van der Waals surface area (Å²) in [6, 6.07) is 13.9. The number of benzene rings is 2. The molecule has 3 rings (SSSR count). The van der Waals surface area contributed by atoms with Gasteiger partial charge in [-0.15, -0.1) is 0 Å². The average Bonchev–Trinajstić information content (AvgIpc) is 2.67. The Hall–Kier alpha value is -2.28. The summed E-state index contributed by atoms with van der Waals surface area (Å²) in [5.74, 6) is 1.93. The van der Waals surface area contributed by atoms with E-state index in [-0.39, 0.29) is 17.2 Å². The van der Waals surface area contributed by atoms with Crippen LogP contribution in [0.25, 0.3) is 0 Å². The minimum Gasteiger partial charge on any atom is -0.435 e. The van der Waals surface area contributed by atoms with Gasteiger partial charge < -0.3 is 15.0 Å². The van der Waals surface area contributed by atoms with Crippen LogP contribution in [0.3, 0.4) is 0 Å². The summed E-state index contributed by atoms with van der Waals surface area (Å²) in [5.41, 5.74) is 2.45. The van der Waals surface area contributed by atoms with E-state index in [0.29, 0.717) is 6.54 Å². The molecule has 2 aromatic carbocycles. The zero-order chi connectivity index (χ0) is 18.4. The SMILES string of the molecule is O=C(NCc1ccc(N2CCSCC2)cc1)c1cccc(OC(F)F)c1. The molecule has 1 saturated heterocycles. The Morgan fingerprint density at radius 3 is 2.58 bits per heavy atom. The maximum atomic E-state index is 12.3. The van der Waals surface area contributed by atoms with Crippen LogP contribution in [-0.2, 0) is 6.54 Å². The van der Waals surface area contributed by atoms with Crippen molar-refractivity contribution in [3.8, 4) is 5.75 Å². The fraction of sp³-hybridized carbons (Fsp3) is 0.316. The summed E-state index contributed by atoms with van der Waals surface area (Å²) < 4.78 is 28.8. The molecule has 1 fully saturated rings. The van der Waals surface area contributed by atoms with Crippen LogP contribution in [0.4, 0.5) is 14.5 Å². The molecule has 2 aromatic rings. The topological polar surface area (TPSA) is 41.6 Å². The number of hydrogen-bond donors (Lipinski definition) is 1. The fourth-order valence-corrected chi connectivity index (χ4v) is 3.65. The summed E-state index contributed by atoms with van der Waals surface area (Å²) in [6.07, 6.45) is 0. The Morgan fingerprint density at radius 1 is 1.15 bits per heavy atom. The van der Waals surface area contributed by atoms with Crippen molar-refractivity contribution in [1.82, 2.24) is 5.32 Å². The summed E-state index contributed by atoms with van der Waals surface area (Å²) >= 11 is 1.97. The minimum atomic E-state index is -2.91. The van der Waals surface area contributed by atoms with E-state index in [0.717, 1.165) is 30.2 Å². The van der Waals surface area contributed by atoms with Crippen molar-refractivity contribution >= 4 is 23.4 Å². The van der Waals surface area contributed by atoms with Crippen LogP contribution in [0, 0.1) is 0 Å². The Labute approximate surface area is 155 Å². The molecular weight excluding hydrogens is 358 g/mol. The van der Waals surface area contributed by atoms with E-state index in [1.54, 1.807) is 6.07 Å². The van der Waals surface area contributed by atoms with Crippen molar-refractivity contribution < 1.29 is 18.3 Å². The fourth-order valence-electron chi connectivity index (χ4n) is 2.74. The molecule has 7 heteroatoms. The molecule has 138 valence electrons. The highest BCUT2D eigenvalue weighted by Crippen LogP contribution is 2.20. The largest absolute Gasteiger partial charge is 0.435 e. The van der Waals surface area contributed by atoms with Crippen LogP contribution in [0.15, 0.2) is 48.5 Å². The molecule has 1 amide bonds. The van der Waals surface area contributed by atoms with Gasteiger partial charge in [0.2, 0.25) is 0 Å². The summed E-state index contributed by atoms with van der Waals surface area (Å²) in [6.45, 7) is -0.435. The third-order valence-corrected chi connectivity index (χ3v) is 5.03. The lowest BCUT2D eigenvalue weighted by molar-refractivity contribution is -0.0498. The second-order valence-electron chi connectivity index (χ2n) is 5.85. The first-order valence-electron chi connectivity index (χ1n) is 8.36. The molecule has 0 unspecified atom stereocenters. The van der Waals surface area contributed by atoms with Gasteiger partial charge in [-0.3, -0.25) is 4.79 Å². The van der Waals surface area contributed by atoms with Crippen molar-refractivity contribution in [2.45, 2.75) is 13.2 Å². The number of anilines is 1.